The van der Waals surface area contributed by atoms with Crippen molar-refractivity contribution in [1.82, 2.24) is 9.55 Å². The van der Waals surface area contributed by atoms with Gasteiger partial charge in [-0.3, -0.25) is 9.55 Å². The van der Waals surface area contributed by atoms with Crippen LogP contribution < -0.4 is 11.2 Å². The Bertz CT molecular complexity index is 780. The number of aliphatic hydroxyl groups excluding tert-OH is 2. The van der Waals surface area contributed by atoms with Crippen LogP contribution in [-0.2, 0) is 9.47 Å². The SMILES string of the molecule is [2H]c1c(F)/c(=N/C(=O)OCCCCC)[nH]c(=O)n1[C@@H]1O[C@H](C)[C@@H](O)[C@H]1O. The van der Waals surface area contributed by atoms with Crippen LogP contribution in [-0.4, -0.2) is 50.8 Å². The van der Waals surface area contributed by atoms with Crippen molar-refractivity contribution >= 4 is 6.09 Å². The normalized spacial score (nSPS) is 27.4. The van der Waals surface area contributed by atoms with Crippen molar-refractivity contribution in [3.63, 3.8) is 0 Å². The largest absolute Gasteiger partial charge is 0.448 e. The predicted octanol–water partition coefficient (Wildman–Crippen LogP) is 0.182. The second-order valence-corrected chi connectivity index (χ2v) is 5.72. The molecule has 0 spiro atoms. The van der Waals surface area contributed by atoms with Crippen molar-refractivity contribution in [3.8, 4) is 0 Å². The van der Waals surface area contributed by atoms with Crippen molar-refractivity contribution in [2.75, 3.05) is 6.61 Å². The van der Waals surface area contributed by atoms with Gasteiger partial charge in [0.2, 0.25) is 0 Å². The lowest BCUT2D eigenvalue weighted by molar-refractivity contribution is -0.0357. The Balaban J connectivity index is 2.29. The zero-order valence-corrected chi connectivity index (χ0v) is 13.9. The van der Waals surface area contributed by atoms with Crippen molar-refractivity contribution in [2.24, 2.45) is 4.99 Å². The van der Waals surface area contributed by atoms with Crippen molar-refractivity contribution in [2.45, 2.75) is 57.6 Å². The number of aromatic nitrogens is 2. The van der Waals surface area contributed by atoms with E-state index in [2.05, 4.69) is 4.99 Å². The quantitative estimate of drug-likeness (QED) is 0.643. The average molecular weight is 360 g/mol. The van der Waals surface area contributed by atoms with Crippen LogP contribution in [0.2, 0.25) is 0 Å². The van der Waals surface area contributed by atoms with Gasteiger partial charge in [-0.1, -0.05) is 19.8 Å². The molecule has 2 heterocycles. The summed E-state index contributed by atoms with van der Waals surface area (Å²) in [5.74, 6) is -1.29. The van der Waals surface area contributed by atoms with Gasteiger partial charge in [0.15, 0.2) is 17.5 Å². The number of hydrogen-bond donors (Lipinski definition) is 3. The molecule has 0 bridgehead atoms. The molecule has 0 unspecified atom stereocenters. The Hall–Kier alpha value is -2.04. The molecule has 0 saturated carbocycles. The Labute approximate surface area is 144 Å². The standard InChI is InChI=1S/C15H22FN3O6/c1-3-4-5-6-24-15(23)18-12-9(16)7-19(14(22)17-12)13-11(21)10(20)8(2)25-13/h7-8,10-11,13,20-21H,3-6H2,1-2H3,(H,17,18,22,23)/t8-,10-,11-,13-/m1/s1/i7D. The number of H-pyrrole nitrogens is 1. The zero-order valence-electron chi connectivity index (χ0n) is 14.9. The molecule has 3 N–H and O–H groups in total. The van der Waals surface area contributed by atoms with Gasteiger partial charge in [-0.2, -0.15) is 4.99 Å². The second-order valence-electron chi connectivity index (χ2n) is 5.72. The molecule has 2 rings (SSSR count). The van der Waals surface area contributed by atoms with Gasteiger partial charge in [0.05, 0.1) is 20.3 Å². The topological polar surface area (TPSA) is 126 Å². The molecule has 9 nitrogen and oxygen atoms in total. The maximum Gasteiger partial charge on any atom is 0.435 e. The number of rotatable bonds is 5. The summed E-state index contributed by atoms with van der Waals surface area (Å²) in [4.78, 5) is 29.1. The van der Waals surface area contributed by atoms with Gasteiger partial charge in [0.1, 0.15) is 12.2 Å². The van der Waals surface area contributed by atoms with E-state index in [0.717, 1.165) is 12.8 Å². The van der Waals surface area contributed by atoms with Crippen molar-refractivity contribution in [1.29, 1.82) is 0 Å². The minimum atomic E-state index is -1.52. The highest BCUT2D eigenvalue weighted by atomic mass is 19.1. The van der Waals surface area contributed by atoms with E-state index in [1.54, 1.807) is 0 Å². The molecule has 0 radical (unpaired) electrons. The van der Waals surface area contributed by atoms with Gasteiger partial charge < -0.3 is 19.7 Å². The molecule has 1 aliphatic rings. The Kier molecular flexibility index (Phi) is 5.95. The number of hydrogen-bond acceptors (Lipinski definition) is 6. The summed E-state index contributed by atoms with van der Waals surface area (Å²) in [6, 6.07) is 0. The number of ether oxygens (including phenoxy) is 2. The fourth-order valence-electron chi connectivity index (χ4n) is 2.36. The molecule has 1 fully saturated rings. The summed E-state index contributed by atoms with van der Waals surface area (Å²) in [5, 5.41) is 19.6. The number of carbonyl (C=O) groups is 1. The van der Waals surface area contributed by atoms with Crippen LogP contribution in [0, 0.1) is 5.82 Å². The molecule has 25 heavy (non-hydrogen) atoms. The van der Waals surface area contributed by atoms with Crippen molar-refractivity contribution < 1.29 is 30.2 Å². The van der Waals surface area contributed by atoms with E-state index in [-0.39, 0.29) is 6.61 Å². The number of unbranched alkanes of at least 4 members (excludes halogenated alkanes) is 2. The minimum Gasteiger partial charge on any atom is -0.448 e. The number of aromatic amines is 1. The molecule has 140 valence electrons. The van der Waals surface area contributed by atoms with E-state index in [9.17, 15) is 24.2 Å². The summed E-state index contributed by atoms with van der Waals surface area (Å²) in [6.45, 7) is 3.55. The van der Waals surface area contributed by atoms with Gasteiger partial charge >= 0.3 is 11.8 Å². The van der Waals surface area contributed by atoms with Crippen LogP contribution in [0.3, 0.4) is 0 Å². The summed E-state index contributed by atoms with van der Waals surface area (Å²) >= 11 is 0. The number of nitrogens with zero attached hydrogens (tertiary/aromatic N) is 2. The average Bonchev–Trinajstić information content (AvgIpc) is 2.84. The summed E-state index contributed by atoms with van der Waals surface area (Å²) in [5.41, 5.74) is -1.78. The van der Waals surface area contributed by atoms with Gasteiger partial charge in [0.25, 0.3) is 0 Å². The fourth-order valence-corrected chi connectivity index (χ4v) is 2.36. The van der Waals surface area contributed by atoms with Crippen LogP contribution in [0.15, 0.2) is 16.0 Å². The second kappa shape index (κ2) is 8.37. The maximum atomic E-state index is 14.3. The van der Waals surface area contributed by atoms with E-state index in [0.29, 0.717) is 11.0 Å². The molecule has 1 aromatic rings. The number of nitrogens with one attached hydrogen (secondary N) is 1. The first-order chi connectivity index (χ1) is 12.3. The highest BCUT2D eigenvalue weighted by Gasteiger charge is 2.41. The molecule has 1 aromatic heterocycles. The molecular weight excluding hydrogens is 337 g/mol. The fraction of sp³-hybridized carbons (Fsp3) is 0.667. The highest BCUT2D eigenvalue weighted by Crippen LogP contribution is 2.27. The lowest BCUT2D eigenvalue weighted by Gasteiger charge is -2.17. The lowest BCUT2D eigenvalue weighted by atomic mass is 10.1. The number of halogens is 1. The predicted molar refractivity (Wildman–Crippen MR) is 83.0 cm³/mol. The van der Waals surface area contributed by atoms with Gasteiger partial charge in [0, 0.05) is 0 Å². The lowest BCUT2D eigenvalue weighted by Crippen LogP contribution is -2.39. The van der Waals surface area contributed by atoms with Gasteiger partial charge in [-0.05, 0) is 13.3 Å². The van der Waals surface area contributed by atoms with E-state index in [1.165, 1.54) is 6.92 Å². The monoisotopic (exact) mass is 360 g/mol. The van der Waals surface area contributed by atoms with Crippen LogP contribution in [0.4, 0.5) is 9.18 Å². The van der Waals surface area contributed by atoms with E-state index >= 15 is 0 Å². The van der Waals surface area contributed by atoms with Gasteiger partial charge in [-0.25, -0.2) is 14.0 Å². The number of amides is 1. The molecule has 1 amide bonds. The molecule has 10 heteroatoms. The van der Waals surface area contributed by atoms with Crippen molar-refractivity contribution in [3.05, 3.63) is 28.0 Å². The molecule has 0 aliphatic carbocycles. The first-order valence-electron chi connectivity index (χ1n) is 8.51. The molecule has 4 atom stereocenters. The minimum absolute atomic E-state index is 0.112. The van der Waals surface area contributed by atoms with E-state index in [4.69, 9.17) is 10.8 Å². The number of aliphatic hydroxyl groups is 2. The third-order valence-corrected chi connectivity index (χ3v) is 3.78. The molecule has 1 saturated heterocycles. The van der Waals surface area contributed by atoms with Gasteiger partial charge in [-0.15, -0.1) is 0 Å². The Morgan fingerprint density at radius 1 is 1.52 bits per heavy atom. The van der Waals surface area contributed by atoms with E-state index in [1.807, 2.05) is 11.9 Å². The Morgan fingerprint density at radius 2 is 2.24 bits per heavy atom. The van der Waals surface area contributed by atoms with E-state index < -0.39 is 53.8 Å². The summed E-state index contributed by atoms with van der Waals surface area (Å²) in [7, 11) is 0. The molecule has 0 aromatic carbocycles. The van der Waals surface area contributed by atoms with Crippen LogP contribution in [0.5, 0.6) is 0 Å². The first kappa shape index (κ1) is 17.8. The summed E-state index contributed by atoms with van der Waals surface area (Å²) < 4.78 is 32.7. The number of carbonyl (C=O) groups excluding carboxylic acids is 1. The molecular formula is C15H22FN3O6. The third-order valence-electron chi connectivity index (χ3n) is 3.78. The Morgan fingerprint density at radius 3 is 2.84 bits per heavy atom. The van der Waals surface area contributed by atoms with Crippen LogP contribution in [0.1, 0.15) is 40.7 Å². The smallest absolute Gasteiger partial charge is 0.435 e. The third kappa shape index (κ3) is 4.53. The van der Waals surface area contributed by atoms with Crippen LogP contribution >= 0.6 is 0 Å². The van der Waals surface area contributed by atoms with Crippen LogP contribution in [0.25, 0.3) is 0 Å². The first-order valence-corrected chi connectivity index (χ1v) is 8.01. The maximum absolute atomic E-state index is 14.3. The highest BCUT2D eigenvalue weighted by molar-refractivity contribution is 5.68. The zero-order chi connectivity index (χ0) is 19.4. The molecule has 1 aliphatic heterocycles. The summed E-state index contributed by atoms with van der Waals surface area (Å²) in [6.07, 6.45) is -4.69.